The van der Waals surface area contributed by atoms with Gasteiger partial charge in [0.2, 0.25) is 5.88 Å². The number of ether oxygens (including phenoxy) is 2. The summed E-state index contributed by atoms with van der Waals surface area (Å²) in [6.07, 6.45) is 0. The second-order valence-electron chi connectivity index (χ2n) is 4.01. The van der Waals surface area contributed by atoms with Crippen molar-refractivity contribution in [3.05, 3.63) is 29.8 Å². The van der Waals surface area contributed by atoms with Crippen LogP contribution in [0.1, 0.15) is 19.4 Å². The number of nitrogens with one attached hydrogen (secondary N) is 1. The zero-order chi connectivity index (χ0) is 14.5. The predicted molar refractivity (Wildman–Crippen MR) is 75.2 cm³/mol. The van der Waals surface area contributed by atoms with E-state index in [2.05, 4.69) is 4.98 Å². The lowest BCUT2D eigenvalue weighted by atomic mass is 10.1. The van der Waals surface area contributed by atoms with Gasteiger partial charge in [-0.25, -0.2) is 9.59 Å². The molecule has 0 aliphatic rings. The SMILES string of the molecule is CCOC(=O)C(=C=O)c1c(OCC)[nH]c2ccccc12. The van der Waals surface area contributed by atoms with E-state index in [1.54, 1.807) is 18.9 Å². The number of fused-ring (bicyclic) bond motifs is 1. The molecule has 2 aromatic rings. The van der Waals surface area contributed by atoms with E-state index in [4.69, 9.17) is 9.47 Å². The number of esters is 1. The minimum atomic E-state index is -0.701. The van der Waals surface area contributed by atoms with Gasteiger partial charge in [0, 0.05) is 10.9 Å². The van der Waals surface area contributed by atoms with Gasteiger partial charge in [0.25, 0.3) is 0 Å². The zero-order valence-electron chi connectivity index (χ0n) is 11.4. The summed E-state index contributed by atoms with van der Waals surface area (Å²) in [6, 6.07) is 7.32. The quantitative estimate of drug-likeness (QED) is 0.516. The fourth-order valence-electron chi connectivity index (χ4n) is 2.02. The Labute approximate surface area is 116 Å². The van der Waals surface area contributed by atoms with Crippen LogP contribution >= 0.6 is 0 Å². The highest BCUT2D eigenvalue weighted by Crippen LogP contribution is 2.33. The van der Waals surface area contributed by atoms with Gasteiger partial charge in [0.1, 0.15) is 5.94 Å². The van der Waals surface area contributed by atoms with Crippen molar-refractivity contribution < 1.29 is 19.1 Å². The smallest absolute Gasteiger partial charge is 0.350 e. The Bertz CT molecular complexity index is 680. The summed E-state index contributed by atoms with van der Waals surface area (Å²) >= 11 is 0. The molecule has 0 saturated carbocycles. The minimum Gasteiger partial charge on any atom is -0.479 e. The summed E-state index contributed by atoms with van der Waals surface area (Å²) in [5.74, 6) is 1.35. The van der Waals surface area contributed by atoms with Crippen molar-refractivity contribution in [1.82, 2.24) is 4.98 Å². The van der Waals surface area contributed by atoms with E-state index in [-0.39, 0.29) is 12.2 Å². The van der Waals surface area contributed by atoms with E-state index < -0.39 is 5.97 Å². The molecule has 0 spiro atoms. The zero-order valence-corrected chi connectivity index (χ0v) is 11.4. The molecule has 0 unspecified atom stereocenters. The first kappa shape index (κ1) is 13.9. The lowest BCUT2D eigenvalue weighted by Crippen LogP contribution is -2.08. The molecule has 2 rings (SSSR count). The Morgan fingerprint density at radius 3 is 2.65 bits per heavy atom. The molecule has 5 heteroatoms. The molecule has 0 bridgehead atoms. The molecule has 0 atom stereocenters. The monoisotopic (exact) mass is 273 g/mol. The average Bonchev–Trinajstić information content (AvgIpc) is 2.79. The lowest BCUT2D eigenvalue weighted by Gasteiger charge is -2.06. The maximum atomic E-state index is 11.9. The number of hydrogen-bond acceptors (Lipinski definition) is 4. The van der Waals surface area contributed by atoms with E-state index >= 15 is 0 Å². The largest absolute Gasteiger partial charge is 0.479 e. The molecule has 1 heterocycles. The van der Waals surface area contributed by atoms with Crippen molar-refractivity contribution >= 4 is 28.4 Å². The molecule has 1 aromatic heterocycles. The van der Waals surface area contributed by atoms with E-state index in [0.29, 0.717) is 18.1 Å². The van der Waals surface area contributed by atoms with Gasteiger partial charge in [-0.2, -0.15) is 0 Å². The van der Waals surface area contributed by atoms with Crippen LogP contribution in [0, 0.1) is 0 Å². The summed E-state index contributed by atoms with van der Waals surface area (Å²) in [4.78, 5) is 26.1. The molecule has 5 nitrogen and oxygen atoms in total. The van der Waals surface area contributed by atoms with Gasteiger partial charge in [0.15, 0.2) is 5.57 Å². The van der Waals surface area contributed by atoms with E-state index in [0.717, 1.165) is 10.9 Å². The number of carbonyl (C=O) groups is 1. The normalized spacial score (nSPS) is 10.1. The molecule has 0 amide bonds. The van der Waals surface area contributed by atoms with Gasteiger partial charge in [-0.1, -0.05) is 18.2 Å². The summed E-state index contributed by atoms with van der Waals surface area (Å²) in [5.41, 5.74) is 1.02. The molecule has 1 aromatic carbocycles. The second-order valence-corrected chi connectivity index (χ2v) is 4.01. The highest BCUT2D eigenvalue weighted by atomic mass is 16.5. The third-order valence-electron chi connectivity index (χ3n) is 2.79. The molecule has 0 aliphatic carbocycles. The number of aromatic nitrogens is 1. The van der Waals surface area contributed by atoms with E-state index in [1.807, 2.05) is 25.1 Å². The molecular formula is C15H15NO4. The summed E-state index contributed by atoms with van der Waals surface area (Å²) < 4.78 is 10.4. The highest BCUT2D eigenvalue weighted by Gasteiger charge is 2.24. The predicted octanol–water partition coefficient (Wildman–Crippen LogP) is 2.34. The molecular weight excluding hydrogens is 258 g/mol. The van der Waals surface area contributed by atoms with Crippen molar-refractivity contribution in [2.24, 2.45) is 0 Å². The van der Waals surface area contributed by atoms with Crippen LogP contribution in [-0.4, -0.2) is 30.1 Å². The van der Waals surface area contributed by atoms with Gasteiger partial charge >= 0.3 is 5.97 Å². The highest BCUT2D eigenvalue weighted by molar-refractivity contribution is 6.28. The number of benzene rings is 1. The van der Waals surface area contributed by atoms with Gasteiger partial charge in [0.05, 0.1) is 18.8 Å². The van der Waals surface area contributed by atoms with Crippen LogP contribution in [0.2, 0.25) is 0 Å². The number of carbonyl (C=O) groups excluding carboxylic acids is 2. The van der Waals surface area contributed by atoms with Crippen LogP contribution < -0.4 is 4.74 Å². The first-order valence-electron chi connectivity index (χ1n) is 6.39. The van der Waals surface area contributed by atoms with Crippen LogP contribution in [0.3, 0.4) is 0 Å². The van der Waals surface area contributed by atoms with Crippen molar-refractivity contribution in [3.63, 3.8) is 0 Å². The van der Waals surface area contributed by atoms with E-state index in [1.165, 1.54) is 0 Å². The third-order valence-corrected chi connectivity index (χ3v) is 2.79. The number of hydrogen-bond donors (Lipinski definition) is 1. The number of rotatable bonds is 5. The fourth-order valence-corrected chi connectivity index (χ4v) is 2.02. The average molecular weight is 273 g/mol. The summed E-state index contributed by atoms with van der Waals surface area (Å²) in [5, 5.41) is 0.724. The minimum absolute atomic E-state index is 0.159. The third kappa shape index (κ3) is 2.44. The van der Waals surface area contributed by atoms with Gasteiger partial charge in [-0.15, -0.1) is 0 Å². The number of H-pyrrole nitrogens is 1. The molecule has 0 saturated heterocycles. The lowest BCUT2D eigenvalue weighted by molar-refractivity contribution is -0.136. The fraction of sp³-hybridized carbons (Fsp3) is 0.267. The Morgan fingerprint density at radius 2 is 2.00 bits per heavy atom. The van der Waals surface area contributed by atoms with Crippen LogP contribution in [0.15, 0.2) is 24.3 Å². The van der Waals surface area contributed by atoms with Gasteiger partial charge in [-0.3, -0.25) is 0 Å². The van der Waals surface area contributed by atoms with Gasteiger partial charge < -0.3 is 14.5 Å². The maximum absolute atomic E-state index is 11.9. The van der Waals surface area contributed by atoms with Crippen molar-refractivity contribution in [1.29, 1.82) is 0 Å². The molecule has 1 N–H and O–H groups in total. The number of aromatic amines is 1. The standard InChI is InChI=1S/C15H15NO4/c1-3-19-14-13(11(9-17)15(18)20-4-2)10-7-5-6-8-12(10)16-14/h5-8,16H,3-4H2,1-2H3. The topological polar surface area (TPSA) is 68.4 Å². The summed E-state index contributed by atoms with van der Waals surface area (Å²) in [6.45, 7) is 4.11. The van der Waals surface area contributed by atoms with Gasteiger partial charge in [-0.05, 0) is 19.9 Å². The Hall–Kier alpha value is -2.52. The Morgan fingerprint density at radius 1 is 1.25 bits per heavy atom. The number of para-hydroxylation sites is 1. The maximum Gasteiger partial charge on any atom is 0.350 e. The van der Waals surface area contributed by atoms with E-state index in [9.17, 15) is 9.59 Å². The van der Waals surface area contributed by atoms with Crippen molar-refractivity contribution in [2.75, 3.05) is 13.2 Å². The Kier molecular flexibility index (Phi) is 4.23. The molecule has 0 fully saturated rings. The first-order chi connectivity index (χ1) is 9.72. The summed E-state index contributed by atoms with van der Waals surface area (Å²) in [7, 11) is 0. The van der Waals surface area contributed by atoms with Crippen molar-refractivity contribution in [2.45, 2.75) is 13.8 Å². The molecule has 20 heavy (non-hydrogen) atoms. The second kappa shape index (κ2) is 6.08. The van der Waals surface area contributed by atoms with Crippen LogP contribution in [0.5, 0.6) is 5.88 Å². The van der Waals surface area contributed by atoms with Crippen LogP contribution in [-0.2, 0) is 14.3 Å². The molecule has 104 valence electrons. The molecule has 0 aliphatic heterocycles. The Balaban J connectivity index is 2.63. The molecule has 0 radical (unpaired) electrons. The van der Waals surface area contributed by atoms with Crippen LogP contribution in [0.25, 0.3) is 16.5 Å². The van der Waals surface area contributed by atoms with Crippen molar-refractivity contribution in [3.8, 4) is 5.88 Å². The first-order valence-corrected chi connectivity index (χ1v) is 6.39. The van der Waals surface area contributed by atoms with Crippen LogP contribution in [0.4, 0.5) is 0 Å².